The summed E-state index contributed by atoms with van der Waals surface area (Å²) in [4.78, 5) is 2.00. The lowest BCUT2D eigenvalue weighted by Crippen LogP contribution is -2.40. The Morgan fingerprint density at radius 1 is 1.27 bits per heavy atom. The topological polar surface area (TPSA) is 32.7 Å². The molecule has 0 aromatic heterocycles. The van der Waals surface area contributed by atoms with Crippen LogP contribution >= 0.6 is 0 Å². The molecule has 22 heavy (non-hydrogen) atoms. The first-order chi connectivity index (χ1) is 10.6. The maximum Gasteiger partial charge on any atom is 0.130 e. The minimum absolute atomic E-state index is 0.0815. The molecule has 2 rings (SSSR count). The average Bonchev–Trinajstić information content (AvgIpc) is 3.02. The van der Waals surface area contributed by atoms with Crippen LogP contribution in [0.4, 0.5) is 8.78 Å². The zero-order valence-corrected chi connectivity index (χ0v) is 13.1. The number of ether oxygens (including phenoxy) is 1. The molecule has 0 radical (unpaired) electrons. The predicted octanol–water partition coefficient (Wildman–Crippen LogP) is 3.11. The van der Waals surface area contributed by atoms with Crippen LogP contribution in [0.2, 0.25) is 0 Å². The minimum Gasteiger partial charge on any atom is -0.389 e. The summed E-state index contributed by atoms with van der Waals surface area (Å²) in [6, 6.07) is 4.21. The van der Waals surface area contributed by atoms with Crippen LogP contribution in [0.3, 0.4) is 0 Å². The molecule has 3 nitrogen and oxygen atoms in total. The quantitative estimate of drug-likeness (QED) is 0.800. The fraction of sp³-hybridized carbons (Fsp3) is 0.647. The monoisotopic (exact) mass is 313 g/mol. The van der Waals surface area contributed by atoms with E-state index in [0.717, 1.165) is 25.7 Å². The second-order valence-corrected chi connectivity index (χ2v) is 5.88. The number of aliphatic hydroxyl groups excluding tert-OH is 1. The summed E-state index contributed by atoms with van der Waals surface area (Å²) in [5.74, 6) is -1.05. The molecule has 1 N–H and O–H groups in total. The van der Waals surface area contributed by atoms with Crippen LogP contribution in [0, 0.1) is 11.6 Å². The lowest BCUT2D eigenvalue weighted by molar-refractivity contribution is 0.0100. The van der Waals surface area contributed by atoms with E-state index in [2.05, 4.69) is 0 Å². The molecule has 1 atom stereocenters. The minimum atomic E-state index is -0.643. The third kappa shape index (κ3) is 4.73. The SMILES string of the molecule is CCOCC(O)CN(Cc1c(F)cccc1F)C1CCCC1. The molecule has 0 heterocycles. The average molecular weight is 313 g/mol. The van der Waals surface area contributed by atoms with Crippen LogP contribution in [-0.2, 0) is 11.3 Å². The van der Waals surface area contributed by atoms with Gasteiger partial charge >= 0.3 is 0 Å². The van der Waals surface area contributed by atoms with E-state index < -0.39 is 17.7 Å². The van der Waals surface area contributed by atoms with Gasteiger partial charge in [0.15, 0.2) is 0 Å². The summed E-state index contributed by atoms with van der Waals surface area (Å²) < 4.78 is 33.0. The molecule has 1 aliphatic carbocycles. The van der Waals surface area contributed by atoms with E-state index in [-0.39, 0.29) is 24.8 Å². The van der Waals surface area contributed by atoms with Crippen molar-refractivity contribution in [3.05, 3.63) is 35.4 Å². The van der Waals surface area contributed by atoms with Crippen LogP contribution < -0.4 is 0 Å². The second kappa shape index (κ2) is 8.56. The van der Waals surface area contributed by atoms with Gasteiger partial charge in [0.25, 0.3) is 0 Å². The van der Waals surface area contributed by atoms with Crippen LogP contribution in [0.5, 0.6) is 0 Å². The van der Waals surface area contributed by atoms with E-state index in [1.807, 2.05) is 11.8 Å². The fourth-order valence-electron chi connectivity index (χ4n) is 3.08. The number of rotatable bonds is 8. The Balaban J connectivity index is 2.07. The zero-order chi connectivity index (χ0) is 15.9. The first kappa shape index (κ1) is 17.3. The van der Waals surface area contributed by atoms with Crippen LogP contribution in [0.1, 0.15) is 38.2 Å². The Kier molecular flexibility index (Phi) is 6.73. The molecule has 5 heteroatoms. The molecule has 0 bridgehead atoms. The summed E-state index contributed by atoms with van der Waals surface area (Å²) in [5, 5.41) is 10.1. The molecule has 0 spiro atoms. The van der Waals surface area contributed by atoms with Crippen LogP contribution in [-0.4, -0.2) is 41.9 Å². The van der Waals surface area contributed by atoms with Gasteiger partial charge in [-0.1, -0.05) is 18.9 Å². The highest BCUT2D eigenvalue weighted by Gasteiger charge is 2.26. The Morgan fingerprint density at radius 3 is 2.50 bits per heavy atom. The normalized spacial score (nSPS) is 17.3. The van der Waals surface area contributed by atoms with Crippen molar-refractivity contribution >= 4 is 0 Å². The van der Waals surface area contributed by atoms with Gasteiger partial charge in [0.1, 0.15) is 11.6 Å². The molecule has 0 amide bonds. The van der Waals surface area contributed by atoms with Crippen molar-refractivity contribution in [2.24, 2.45) is 0 Å². The zero-order valence-electron chi connectivity index (χ0n) is 13.1. The third-order valence-corrected chi connectivity index (χ3v) is 4.22. The molecular formula is C17H25F2NO2. The molecule has 0 saturated heterocycles. The summed E-state index contributed by atoms with van der Waals surface area (Å²) in [6.45, 7) is 3.23. The van der Waals surface area contributed by atoms with Crippen molar-refractivity contribution in [3.8, 4) is 0 Å². The van der Waals surface area contributed by atoms with E-state index in [9.17, 15) is 13.9 Å². The number of hydrogen-bond donors (Lipinski definition) is 1. The predicted molar refractivity (Wildman–Crippen MR) is 81.5 cm³/mol. The summed E-state index contributed by atoms with van der Waals surface area (Å²) >= 11 is 0. The fourth-order valence-corrected chi connectivity index (χ4v) is 3.08. The van der Waals surface area contributed by atoms with Gasteiger partial charge in [-0.05, 0) is 31.9 Å². The van der Waals surface area contributed by atoms with E-state index >= 15 is 0 Å². The highest BCUT2D eigenvalue weighted by Crippen LogP contribution is 2.26. The molecule has 124 valence electrons. The molecule has 1 aromatic carbocycles. The Hall–Kier alpha value is -1.04. The Bertz CT molecular complexity index is 444. The first-order valence-electron chi connectivity index (χ1n) is 8.04. The third-order valence-electron chi connectivity index (χ3n) is 4.22. The smallest absolute Gasteiger partial charge is 0.130 e. The largest absolute Gasteiger partial charge is 0.389 e. The van der Waals surface area contributed by atoms with Gasteiger partial charge in [-0.25, -0.2) is 8.78 Å². The summed E-state index contributed by atoms with van der Waals surface area (Å²) in [6.07, 6.45) is 3.63. The summed E-state index contributed by atoms with van der Waals surface area (Å²) in [5.41, 5.74) is 0.0815. The molecule has 1 unspecified atom stereocenters. The number of hydrogen-bond acceptors (Lipinski definition) is 3. The molecule has 1 aliphatic rings. The lowest BCUT2D eigenvalue weighted by Gasteiger charge is -2.31. The molecule has 0 aliphatic heterocycles. The maximum absolute atomic E-state index is 13.9. The van der Waals surface area contributed by atoms with E-state index in [1.165, 1.54) is 18.2 Å². The summed E-state index contributed by atoms with van der Waals surface area (Å²) in [7, 11) is 0. The van der Waals surface area contributed by atoms with Crippen LogP contribution in [0.15, 0.2) is 18.2 Å². The lowest BCUT2D eigenvalue weighted by atomic mass is 10.1. The number of aliphatic hydroxyl groups is 1. The highest BCUT2D eigenvalue weighted by atomic mass is 19.1. The Morgan fingerprint density at radius 2 is 1.91 bits per heavy atom. The van der Waals surface area contributed by atoms with Crippen molar-refractivity contribution in [1.82, 2.24) is 4.90 Å². The second-order valence-electron chi connectivity index (χ2n) is 5.88. The van der Waals surface area contributed by atoms with Gasteiger partial charge in [0, 0.05) is 31.3 Å². The van der Waals surface area contributed by atoms with Gasteiger partial charge in [-0.3, -0.25) is 4.90 Å². The van der Waals surface area contributed by atoms with Crippen molar-refractivity contribution in [2.45, 2.75) is 51.3 Å². The molecule has 1 saturated carbocycles. The van der Waals surface area contributed by atoms with E-state index in [0.29, 0.717) is 13.2 Å². The van der Waals surface area contributed by atoms with Gasteiger partial charge < -0.3 is 9.84 Å². The van der Waals surface area contributed by atoms with E-state index in [1.54, 1.807) is 0 Å². The van der Waals surface area contributed by atoms with Gasteiger partial charge in [0.2, 0.25) is 0 Å². The van der Waals surface area contributed by atoms with Crippen molar-refractivity contribution < 1.29 is 18.6 Å². The Labute approximate surface area is 130 Å². The number of benzene rings is 1. The maximum atomic E-state index is 13.9. The molecule has 1 aromatic rings. The number of nitrogens with zero attached hydrogens (tertiary/aromatic N) is 1. The standard InChI is InChI=1S/C17H25F2NO2/c1-2-22-12-14(21)10-20(13-6-3-4-7-13)11-15-16(18)8-5-9-17(15)19/h5,8-9,13-14,21H,2-4,6-7,10-12H2,1H3. The van der Waals surface area contributed by atoms with Gasteiger partial charge in [0.05, 0.1) is 12.7 Å². The van der Waals surface area contributed by atoms with Crippen molar-refractivity contribution in [3.63, 3.8) is 0 Å². The van der Waals surface area contributed by atoms with E-state index in [4.69, 9.17) is 4.74 Å². The molecular weight excluding hydrogens is 288 g/mol. The van der Waals surface area contributed by atoms with Crippen LogP contribution in [0.25, 0.3) is 0 Å². The van der Waals surface area contributed by atoms with Gasteiger partial charge in [-0.15, -0.1) is 0 Å². The van der Waals surface area contributed by atoms with Crippen molar-refractivity contribution in [2.75, 3.05) is 19.8 Å². The first-order valence-corrected chi connectivity index (χ1v) is 8.04. The van der Waals surface area contributed by atoms with Crippen molar-refractivity contribution in [1.29, 1.82) is 0 Å². The number of halogens is 2. The highest BCUT2D eigenvalue weighted by molar-refractivity contribution is 5.19. The molecule has 1 fully saturated rings. The van der Waals surface area contributed by atoms with Gasteiger partial charge in [-0.2, -0.15) is 0 Å².